The molecule has 0 bridgehead atoms. The van der Waals surface area contributed by atoms with Crippen LogP contribution in [0.3, 0.4) is 0 Å². The first kappa shape index (κ1) is 8.94. The van der Waals surface area contributed by atoms with Crippen LogP contribution >= 0.6 is 0 Å². The molecule has 11 heavy (non-hydrogen) atoms. The molecule has 0 spiro atoms. The summed E-state index contributed by atoms with van der Waals surface area (Å²) in [6.07, 6.45) is 0. The predicted octanol–water partition coefficient (Wildman–Crippen LogP) is 0.884. The van der Waals surface area contributed by atoms with Crippen molar-refractivity contribution in [1.29, 1.82) is 0 Å². The van der Waals surface area contributed by atoms with Crippen LogP contribution in [-0.4, -0.2) is 43.3 Å². The Kier molecular flexibility index (Phi) is 3.27. The summed E-state index contributed by atoms with van der Waals surface area (Å²) < 4.78 is 12.2. The molecule has 0 aromatic carbocycles. The van der Waals surface area contributed by atoms with Gasteiger partial charge in [0.15, 0.2) is 0 Å². The quantitative estimate of drug-likeness (QED) is 0.648. The fraction of sp³-hybridized carbons (Fsp3) is 1.00. The number of hydrogen-bond acceptors (Lipinski definition) is 2. The van der Waals surface area contributed by atoms with Gasteiger partial charge in [-0.15, -0.1) is 0 Å². The summed E-state index contributed by atoms with van der Waals surface area (Å²) in [4.78, 5) is 2.31. The molecule has 0 saturated carbocycles. The number of rotatable bonds is 2. The average molecular weight is 162 g/mol. The maximum absolute atomic E-state index is 12.2. The van der Waals surface area contributed by atoms with Gasteiger partial charge >= 0.3 is 0 Å². The zero-order valence-electron chi connectivity index (χ0n) is 7.31. The van der Waals surface area contributed by atoms with Gasteiger partial charge in [0.05, 0.1) is 0 Å². The molecule has 0 amide bonds. The van der Waals surface area contributed by atoms with Crippen molar-refractivity contribution < 1.29 is 5.82 Å². The molecule has 0 aliphatic carbocycles. The van der Waals surface area contributed by atoms with Crippen LogP contribution in [0.25, 0.3) is 0 Å². The molecule has 0 radical (unpaired) electrons. The second-order valence-corrected chi connectivity index (χ2v) is 3.39. The summed E-state index contributed by atoms with van der Waals surface area (Å²) in [6, 6.07) is 0.609. The molecule has 1 fully saturated rings. The van der Waals surface area contributed by atoms with Gasteiger partial charge in [-0.1, -0.05) is 0 Å². The summed E-state index contributed by atoms with van der Waals surface area (Å²) in [5, 5.41) is 3.14. The molecule has 1 aliphatic rings. The minimum absolute atomic E-state index is 0. The third-order valence-corrected chi connectivity index (χ3v) is 2.20. The zero-order chi connectivity index (χ0) is 8.27. The van der Waals surface area contributed by atoms with Crippen molar-refractivity contribution in [3.63, 3.8) is 0 Å². The van der Waals surface area contributed by atoms with Crippen LogP contribution in [0.15, 0.2) is 0 Å². The summed E-state index contributed by atoms with van der Waals surface area (Å²) >= 11 is 0. The molecule has 1 heterocycles. The number of hydrogen-bond donors (Lipinski definition) is 1. The predicted molar refractivity (Wildman–Crippen MR) is 46.6 cm³/mol. The van der Waals surface area contributed by atoms with Crippen LogP contribution in [0.2, 0.25) is 0 Å². The first-order valence-electron chi connectivity index (χ1n) is 4.27. The summed E-state index contributed by atoms with van der Waals surface area (Å²) in [6.45, 7) is 6.89. The van der Waals surface area contributed by atoms with Gasteiger partial charge in [-0.3, -0.25) is 4.90 Å². The zero-order valence-corrected chi connectivity index (χ0v) is 7.31. The number of nitrogens with one attached hydrogen (secondary N) is 1. The topological polar surface area (TPSA) is 15.3 Å². The molecule has 1 aliphatic heterocycles. The third kappa shape index (κ3) is 2.42. The van der Waals surface area contributed by atoms with Gasteiger partial charge in [-0.25, -0.2) is 4.39 Å². The van der Waals surface area contributed by atoms with Crippen LogP contribution in [0, 0.1) is 0 Å². The Balaban J connectivity index is 0.00000121. The van der Waals surface area contributed by atoms with Gasteiger partial charge in [0.2, 0.25) is 0 Å². The van der Waals surface area contributed by atoms with Crippen molar-refractivity contribution in [2.24, 2.45) is 0 Å². The van der Waals surface area contributed by atoms with Gasteiger partial charge < -0.3 is 5.32 Å². The maximum Gasteiger partial charge on any atom is 0.106 e. The Labute approximate surface area is 69.2 Å². The molecule has 1 unspecified atom stereocenters. The van der Waals surface area contributed by atoms with Gasteiger partial charge in [0, 0.05) is 33.1 Å². The van der Waals surface area contributed by atoms with Crippen molar-refractivity contribution in [2.75, 3.05) is 26.3 Å². The first-order chi connectivity index (χ1) is 5.24. The van der Waals surface area contributed by atoms with Crippen LogP contribution in [0.1, 0.15) is 15.3 Å². The molecule has 1 atom stereocenters. The lowest BCUT2D eigenvalue weighted by Crippen LogP contribution is -2.53. The highest BCUT2D eigenvalue weighted by Gasteiger charge is 2.20. The standard InChI is InChI=1S/C8H17FN2.H2/c1-7(2)11-4-3-10-8(5-9)6-11;/h7-8,10H,3-6H2,1-2H3;1H. The van der Waals surface area contributed by atoms with Crippen LogP contribution in [-0.2, 0) is 0 Å². The Hall–Kier alpha value is -0.150. The van der Waals surface area contributed by atoms with Crippen LogP contribution in [0.5, 0.6) is 0 Å². The molecule has 0 aromatic rings. The number of piperazine rings is 1. The molecule has 2 nitrogen and oxygen atoms in total. The molecule has 0 aromatic heterocycles. The molecule has 1 rings (SSSR count). The van der Waals surface area contributed by atoms with E-state index in [4.69, 9.17) is 0 Å². The summed E-state index contributed by atoms with van der Waals surface area (Å²) in [7, 11) is 0. The van der Waals surface area contributed by atoms with Crippen LogP contribution < -0.4 is 5.32 Å². The van der Waals surface area contributed by atoms with Crippen molar-refractivity contribution in [3.05, 3.63) is 0 Å². The molecule has 68 valence electrons. The lowest BCUT2D eigenvalue weighted by atomic mass is 10.2. The molecular formula is C8H19FN2. The van der Waals surface area contributed by atoms with E-state index in [0.29, 0.717) is 6.04 Å². The van der Waals surface area contributed by atoms with Crippen molar-refractivity contribution >= 4 is 0 Å². The Bertz CT molecular complexity index is 122. The van der Waals surface area contributed by atoms with E-state index in [1.165, 1.54) is 0 Å². The summed E-state index contributed by atoms with van der Waals surface area (Å²) in [5.74, 6) is 0. The maximum atomic E-state index is 12.2. The van der Waals surface area contributed by atoms with Crippen LogP contribution in [0.4, 0.5) is 4.39 Å². The van der Waals surface area contributed by atoms with E-state index >= 15 is 0 Å². The Morgan fingerprint density at radius 3 is 3.00 bits per heavy atom. The van der Waals surface area contributed by atoms with E-state index in [1.54, 1.807) is 0 Å². The first-order valence-corrected chi connectivity index (χ1v) is 4.27. The van der Waals surface area contributed by atoms with Gasteiger partial charge in [-0.05, 0) is 13.8 Å². The lowest BCUT2D eigenvalue weighted by Gasteiger charge is -2.35. The monoisotopic (exact) mass is 162 g/mol. The molecular weight excluding hydrogens is 143 g/mol. The normalized spacial score (nSPS) is 27.8. The highest BCUT2D eigenvalue weighted by Crippen LogP contribution is 2.03. The van der Waals surface area contributed by atoms with E-state index < -0.39 is 0 Å². The molecule has 1 saturated heterocycles. The SMILES string of the molecule is CC(C)N1CCNC(CF)C1.[HH]. The second kappa shape index (κ2) is 4.02. The number of alkyl halides is 1. The highest BCUT2D eigenvalue weighted by atomic mass is 19.1. The fourth-order valence-corrected chi connectivity index (χ4v) is 1.42. The third-order valence-electron chi connectivity index (χ3n) is 2.20. The number of nitrogens with zero attached hydrogens (tertiary/aromatic N) is 1. The van der Waals surface area contributed by atoms with Gasteiger partial charge in [0.25, 0.3) is 0 Å². The lowest BCUT2D eigenvalue weighted by molar-refractivity contribution is 0.148. The van der Waals surface area contributed by atoms with Gasteiger partial charge in [0.1, 0.15) is 6.67 Å². The average Bonchev–Trinajstić information content (AvgIpc) is 2.05. The fourth-order valence-electron chi connectivity index (χ4n) is 1.42. The summed E-state index contributed by atoms with van der Waals surface area (Å²) in [5.41, 5.74) is 0. The second-order valence-electron chi connectivity index (χ2n) is 3.39. The van der Waals surface area contributed by atoms with E-state index in [2.05, 4.69) is 24.1 Å². The van der Waals surface area contributed by atoms with Crippen molar-refractivity contribution in [3.8, 4) is 0 Å². The van der Waals surface area contributed by atoms with Crippen molar-refractivity contribution in [1.82, 2.24) is 10.2 Å². The van der Waals surface area contributed by atoms with Crippen molar-refractivity contribution in [2.45, 2.75) is 25.9 Å². The number of halogens is 1. The largest absolute Gasteiger partial charge is 0.309 e. The van der Waals surface area contributed by atoms with Gasteiger partial charge in [-0.2, -0.15) is 0 Å². The molecule has 3 heteroatoms. The molecule has 1 N–H and O–H groups in total. The Morgan fingerprint density at radius 1 is 1.73 bits per heavy atom. The highest BCUT2D eigenvalue weighted by molar-refractivity contribution is 4.79. The minimum Gasteiger partial charge on any atom is -0.309 e. The Morgan fingerprint density at radius 2 is 2.45 bits per heavy atom. The smallest absolute Gasteiger partial charge is 0.106 e. The van der Waals surface area contributed by atoms with E-state index in [-0.39, 0.29) is 14.1 Å². The minimum atomic E-state index is -0.247. The van der Waals surface area contributed by atoms with E-state index in [0.717, 1.165) is 19.6 Å². The van der Waals surface area contributed by atoms with E-state index in [9.17, 15) is 4.39 Å². The van der Waals surface area contributed by atoms with E-state index in [1.807, 2.05) is 0 Å².